The largest absolute Gasteiger partial charge is 0.462 e. The highest BCUT2D eigenvalue weighted by Gasteiger charge is 2.28. The van der Waals surface area contributed by atoms with E-state index in [-0.39, 0.29) is 19.4 Å². The van der Waals surface area contributed by atoms with Crippen LogP contribution in [0.2, 0.25) is 0 Å². The maximum absolute atomic E-state index is 12.4. The molecule has 3 aromatic rings. The molecule has 1 aliphatic carbocycles. The van der Waals surface area contributed by atoms with E-state index in [1.165, 1.54) is 11.3 Å². The third kappa shape index (κ3) is 5.53. The Morgan fingerprint density at radius 3 is 2.71 bits per heavy atom. The number of aromatic nitrogens is 1. The second-order valence-corrected chi connectivity index (χ2v) is 9.08. The minimum Gasteiger partial charge on any atom is -0.462 e. The van der Waals surface area contributed by atoms with Gasteiger partial charge in [-0.2, -0.15) is 0 Å². The van der Waals surface area contributed by atoms with Crippen LogP contribution in [0.3, 0.4) is 0 Å². The van der Waals surface area contributed by atoms with Gasteiger partial charge in [0.1, 0.15) is 5.00 Å². The fourth-order valence-electron chi connectivity index (χ4n) is 3.78. The Balaban J connectivity index is 1.27. The number of nitrogens with zero attached hydrogens (tertiary/aromatic N) is 1. The molecule has 0 saturated heterocycles. The molecular weight excluding hydrogens is 456 g/mol. The van der Waals surface area contributed by atoms with E-state index in [1.54, 1.807) is 13.1 Å². The Morgan fingerprint density at radius 2 is 1.94 bits per heavy atom. The summed E-state index contributed by atoms with van der Waals surface area (Å²) in [6.45, 7) is 3.56. The van der Waals surface area contributed by atoms with Crippen LogP contribution < -0.4 is 5.32 Å². The van der Waals surface area contributed by atoms with Crippen LogP contribution in [-0.4, -0.2) is 36.0 Å². The number of nitrogens with one attached hydrogen (secondary N) is 1. The van der Waals surface area contributed by atoms with Crippen LogP contribution in [-0.2, 0) is 38.3 Å². The van der Waals surface area contributed by atoms with Gasteiger partial charge in [-0.05, 0) is 38.7 Å². The van der Waals surface area contributed by atoms with Gasteiger partial charge in [-0.25, -0.2) is 9.78 Å². The van der Waals surface area contributed by atoms with Gasteiger partial charge in [-0.1, -0.05) is 29.8 Å². The topological polar surface area (TPSA) is 108 Å². The van der Waals surface area contributed by atoms with E-state index >= 15 is 0 Å². The van der Waals surface area contributed by atoms with Gasteiger partial charge in [-0.3, -0.25) is 9.59 Å². The summed E-state index contributed by atoms with van der Waals surface area (Å²) in [5.74, 6) is -0.432. The maximum atomic E-state index is 12.4. The summed E-state index contributed by atoms with van der Waals surface area (Å²) in [6, 6.07) is 7.86. The fourth-order valence-corrected chi connectivity index (χ4v) is 5.07. The number of rotatable bonds is 9. The molecule has 2 heterocycles. The lowest BCUT2D eigenvalue weighted by molar-refractivity contribution is -0.147. The van der Waals surface area contributed by atoms with Gasteiger partial charge < -0.3 is 19.2 Å². The predicted octanol–water partition coefficient (Wildman–Crippen LogP) is 4.49. The van der Waals surface area contributed by atoms with E-state index in [9.17, 15) is 14.4 Å². The molecule has 0 fully saturated rings. The van der Waals surface area contributed by atoms with Gasteiger partial charge in [0.2, 0.25) is 0 Å². The Bertz CT molecular complexity index is 1190. The molecule has 8 nitrogen and oxygen atoms in total. The van der Waals surface area contributed by atoms with Gasteiger partial charge in [0.05, 0.1) is 24.8 Å². The number of benzene rings is 1. The Hall–Kier alpha value is -3.46. The SMILES string of the molecule is CCOC(=O)c1c(NC(=O)COC(=O)CCc2ncc(-c3ccc(C)cc3)o2)sc2c1CCC2. The first-order valence-corrected chi connectivity index (χ1v) is 12.0. The normalized spacial score (nSPS) is 12.3. The number of fused-ring (bicyclic) bond motifs is 1. The number of hydrogen-bond acceptors (Lipinski definition) is 8. The van der Waals surface area contributed by atoms with Gasteiger partial charge in [0, 0.05) is 16.9 Å². The van der Waals surface area contributed by atoms with Crippen LogP contribution in [0.1, 0.15) is 52.0 Å². The smallest absolute Gasteiger partial charge is 0.341 e. The molecule has 1 aromatic carbocycles. The zero-order valence-electron chi connectivity index (χ0n) is 19.1. The van der Waals surface area contributed by atoms with Crippen LogP contribution in [0.5, 0.6) is 0 Å². The number of thiophene rings is 1. The van der Waals surface area contributed by atoms with Gasteiger partial charge in [0.25, 0.3) is 5.91 Å². The van der Waals surface area contributed by atoms with Gasteiger partial charge in [-0.15, -0.1) is 11.3 Å². The van der Waals surface area contributed by atoms with Crippen molar-refractivity contribution in [3.8, 4) is 11.3 Å². The molecule has 34 heavy (non-hydrogen) atoms. The predicted molar refractivity (Wildman–Crippen MR) is 127 cm³/mol. The molecule has 0 saturated carbocycles. The van der Waals surface area contributed by atoms with Crippen molar-refractivity contribution in [3.05, 3.63) is 57.9 Å². The first-order valence-electron chi connectivity index (χ1n) is 11.2. The van der Waals surface area contributed by atoms with Crippen molar-refractivity contribution in [2.45, 2.75) is 46.0 Å². The number of carbonyl (C=O) groups excluding carboxylic acids is 3. The van der Waals surface area contributed by atoms with Crippen LogP contribution in [0.25, 0.3) is 11.3 Å². The van der Waals surface area contributed by atoms with Crippen molar-refractivity contribution in [3.63, 3.8) is 0 Å². The van der Waals surface area contributed by atoms with Crippen molar-refractivity contribution in [1.29, 1.82) is 0 Å². The summed E-state index contributed by atoms with van der Waals surface area (Å²) < 4.78 is 16.0. The van der Waals surface area contributed by atoms with E-state index in [0.29, 0.717) is 22.2 Å². The summed E-state index contributed by atoms with van der Waals surface area (Å²) >= 11 is 1.38. The lowest BCUT2D eigenvalue weighted by atomic mass is 10.1. The Kier molecular flexibility index (Phi) is 7.42. The van der Waals surface area contributed by atoms with E-state index in [0.717, 1.165) is 40.8 Å². The summed E-state index contributed by atoms with van der Waals surface area (Å²) in [6.07, 6.45) is 4.56. The molecular formula is C25H26N2O6S. The van der Waals surface area contributed by atoms with Crippen molar-refractivity contribution >= 4 is 34.2 Å². The minimum atomic E-state index is -0.537. The molecule has 4 rings (SSSR count). The van der Waals surface area contributed by atoms with E-state index in [2.05, 4.69) is 10.3 Å². The second-order valence-electron chi connectivity index (χ2n) is 7.98. The first-order chi connectivity index (χ1) is 16.4. The van der Waals surface area contributed by atoms with Gasteiger partial charge in [0.15, 0.2) is 18.3 Å². The quantitative estimate of drug-likeness (QED) is 0.448. The average molecular weight is 483 g/mol. The summed E-state index contributed by atoms with van der Waals surface area (Å²) in [5.41, 5.74) is 3.43. The summed E-state index contributed by atoms with van der Waals surface area (Å²) in [7, 11) is 0. The number of hydrogen-bond donors (Lipinski definition) is 1. The highest BCUT2D eigenvalue weighted by Crippen LogP contribution is 2.39. The standard InChI is InChI=1S/C25H26N2O6S/c1-3-31-25(30)23-17-5-4-6-19(17)34-24(23)27-20(28)14-32-22(29)12-11-21-26-13-18(33-21)16-9-7-15(2)8-10-16/h7-10,13H,3-6,11-12,14H2,1-2H3,(H,27,28). The molecule has 0 radical (unpaired) electrons. The number of oxazole rings is 1. The number of aryl methyl sites for hydroxylation is 3. The number of anilines is 1. The van der Waals surface area contributed by atoms with Crippen molar-refractivity contribution in [2.24, 2.45) is 0 Å². The monoisotopic (exact) mass is 482 g/mol. The second kappa shape index (κ2) is 10.6. The van der Waals surface area contributed by atoms with Crippen molar-refractivity contribution in [1.82, 2.24) is 4.98 Å². The maximum Gasteiger partial charge on any atom is 0.341 e. The van der Waals surface area contributed by atoms with Crippen LogP contribution in [0, 0.1) is 6.92 Å². The molecule has 1 aliphatic rings. The first kappa shape index (κ1) is 23.7. The molecule has 178 valence electrons. The van der Waals surface area contributed by atoms with Gasteiger partial charge >= 0.3 is 11.9 Å². The highest BCUT2D eigenvalue weighted by molar-refractivity contribution is 7.17. The molecule has 0 atom stereocenters. The molecule has 2 aromatic heterocycles. The zero-order valence-corrected chi connectivity index (χ0v) is 20.0. The lowest BCUT2D eigenvalue weighted by Crippen LogP contribution is -2.22. The number of ether oxygens (including phenoxy) is 2. The van der Waals surface area contributed by atoms with Crippen LogP contribution in [0.4, 0.5) is 5.00 Å². The van der Waals surface area contributed by atoms with E-state index in [1.807, 2.05) is 31.2 Å². The molecule has 9 heteroatoms. The molecule has 0 unspecified atom stereocenters. The number of esters is 2. The number of carbonyl (C=O) groups is 3. The molecule has 1 N–H and O–H groups in total. The van der Waals surface area contributed by atoms with E-state index in [4.69, 9.17) is 13.9 Å². The highest BCUT2D eigenvalue weighted by atomic mass is 32.1. The lowest BCUT2D eigenvalue weighted by Gasteiger charge is -2.08. The summed E-state index contributed by atoms with van der Waals surface area (Å²) in [4.78, 5) is 42.2. The third-order valence-electron chi connectivity index (χ3n) is 5.45. The summed E-state index contributed by atoms with van der Waals surface area (Å²) in [5, 5.41) is 3.16. The molecule has 1 amide bonds. The molecule has 0 bridgehead atoms. The van der Waals surface area contributed by atoms with Crippen molar-refractivity contribution < 1.29 is 28.3 Å². The van der Waals surface area contributed by atoms with Crippen LogP contribution >= 0.6 is 11.3 Å². The average Bonchev–Trinajstić information content (AvgIpc) is 3.53. The van der Waals surface area contributed by atoms with Crippen LogP contribution in [0.15, 0.2) is 34.9 Å². The Labute approximate surface area is 201 Å². The molecule has 0 spiro atoms. The fraction of sp³-hybridized carbons (Fsp3) is 0.360. The third-order valence-corrected chi connectivity index (χ3v) is 6.66. The molecule has 0 aliphatic heterocycles. The zero-order chi connectivity index (χ0) is 24.1. The van der Waals surface area contributed by atoms with E-state index < -0.39 is 24.5 Å². The van der Waals surface area contributed by atoms with Crippen molar-refractivity contribution in [2.75, 3.05) is 18.5 Å². The minimum absolute atomic E-state index is 0.0303. The Morgan fingerprint density at radius 1 is 1.15 bits per heavy atom. The number of amides is 1.